The SMILES string of the molecule is CCC(CCC(=O)Nc1ccccc1OC)C(=O)O. The Hall–Kier alpha value is -2.04. The van der Waals surface area contributed by atoms with Crippen LogP contribution in [0.3, 0.4) is 0 Å². The van der Waals surface area contributed by atoms with Gasteiger partial charge in [-0.15, -0.1) is 0 Å². The summed E-state index contributed by atoms with van der Waals surface area (Å²) >= 11 is 0. The highest BCUT2D eigenvalue weighted by atomic mass is 16.5. The molecule has 1 aromatic carbocycles. The predicted molar refractivity (Wildman–Crippen MR) is 72.3 cm³/mol. The van der Waals surface area contributed by atoms with Crippen LogP contribution in [0.4, 0.5) is 5.69 Å². The van der Waals surface area contributed by atoms with Gasteiger partial charge in [0.1, 0.15) is 5.75 Å². The first kappa shape index (κ1) is 15.0. The largest absolute Gasteiger partial charge is 0.495 e. The zero-order valence-electron chi connectivity index (χ0n) is 11.2. The summed E-state index contributed by atoms with van der Waals surface area (Å²) in [6.07, 6.45) is 1.05. The van der Waals surface area contributed by atoms with E-state index in [9.17, 15) is 9.59 Å². The second kappa shape index (κ2) is 7.41. The van der Waals surface area contributed by atoms with Crippen molar-refractivity contribution in [2.24, 2.45) is 5.92 Å². The van der Waals surface area contributed by atoms with E-state index in [2.05, 4.69) is 5.32 Å². The Morgan fingerprint density at radius 3 is 2.63 bits per heavy atom. The van der Waals surface area contributed by atoms with Gasteiger partial charge in [0.25, 0.3) is 0 Å². The van der Waals surface area contributed by atoms with Gasteiger partial charge in [0.05, 0.1) is 18.7 Å². The van der Waals surface area contributed by atoms with E-state index in [1.54, 1.807) is 25.1 Å². The molecule has 104 valence electrons. The lowest BCUT2D eigenvalue weighted by Gasteiger charge is -2.11. The third-order valence-corrected chi connectivity index (χ3v) is 2.94. The lowest BCUT2D eigenvalue weighted by Crippen LogP contribution is -2.18. The Balaban J connectivity index is 2.53. The number of anilines is 1. The maximum atomic E-state index is 11.8. The fourth-order valence-corrected chi connectivity index (χ4v) is 1.77. The van der Waals surface area contributed by atoms with Gasteiger partial charge in [-0.3, -0.25) is 9.59 Å². The van der Waals surface area contributed by atoms with Crippen molar-refractivity contribution in [3.05, 3.63) is 24.3 Å². The number of methoxy groups -OCH3 is 1. The first-order chi connectivity index (χ1) is 9.08. The third kappa shape index (κ3) is 4.62. The van der Waals surface area contributed by atoms with Crippen LogP contribution in [0, 0.1) is 5.92 Å². The quantitative estimate of drug-likeness (QED) is 0.794. The molecule has 1 aromatic rings. The number of aliphatic carboxylic acids is 1. The summed E-state index contributed by atoms with van der Waals surface area (Å²) in [6.45, 7) is 1.80. The molecule has 0 bridgehead atoms. The normalized spacial score (nSPS) is 11.7. The van der Waals surface area contributed by atoms with Crippen LogP contribution < -0.4 is 10.1 Å². The smallest absolute Gasteiger partial charge is 0.306 e. The summed E-state index contributed by atoms with van der Waals surface area (Å²) in [5.41, 5.74) is 0.596. The molecule has 1 rings (SSSR count). The lowest BCUT2D eigenvalue weighted by molar-refractivity contribution is -0.142. The third-order valence-electron chi connectivity index (χ3n) is 2.94. The molecule has 0 spiro atoms. The summed E-state index contributed by atoms with van der Waals surface area (Å²) in [4.78, 5) is 22.6. The maximum absolute atomic E-state index is 11.8. The number of carbonyl (C=O) groups is 2. The molecule has 1 amide bonds. The van der Waals surface area contributed by atoms with Crippen LogP contribution in [0.2, 0.25) is 0 Å². The van der Waals surface area contributed by atoms with Gasteiger partial charge >= 0.3 is 5.97 Å². The minimum atomic E-state index is -0.854. The standard InChI is InChI=1S/C14H19NO4/c1-3-10(14(17)18)8-9-13(16)15-11-6-4-5-7-12(11)19-2/h4-7,10H,3,8-9H2,1-2H3,(H,15,16)(H,17,18). The van der Waals surface area contributed by atoms with Gasteiger partial charge < -0.3 is 15.2 Å². The van der Waals surface area contributed by atoms with E-state index in [0.29, 0.717) is 24.3 Å². The van der Waals surface area contributed by atoms with Gasteiger partial charge in [-0.25, -0.2) is 0 Å². The average Bonchev–Trinajstić information content (AvgIpc) is 2.39. The summed E-state index contributed by atoms with van der Waals surface area (Å²) in [5, 5.41) is 11.6. The topological polar surface area (TPSA) is 75.6 Å². The van der Waals surface area contributed by atoms with E-state index in [0.717, 1.165) is 0 Å². The molecule has 0 fully saturated rings. The Bertz CT molecular complexity index is 445. The molecule has 5 nitrogen and oxygen atoms in total. The highest BCUT2D eigenvalue weighted by molar-refractivity contribution is 5.92. The van der Waals surface area contributed by atoms with Crippen molar-refractivity contribution in [1.82, 2.24) is 0 Å². The lowest BCUT2D eigenvalue weighted by atomic mass is 10.0. The van der Waals surface area contributed by atoms with E-state index in [1.165, 1.54) is 7.11 Å². The van der Waals surface area contributed by atoms with E-state index in [-0.39, 0.29) is 12.3 Å². The fourth-order valence-electron chi connectivity index (χ4n) is 1.77. The van der Waals surface area contributed by atoms with Crippen LogP contribution in [-0.4, -0.2) is 24.1 Å². The summed E-state index contributed by atoms with van der Waals surface area (Å²) in [7, 11) is 1.53. The number of amides is 1. The number of hydrogen-bond acceptors (Lipinski definition) is 3. The number of ether oxygens (including phenoxy) is 1. The minimum Gasteiger partial charge on any atom is -0.495 e. The molecule has 0 heterocycles. The highest BCUT2D eigenvalue weighted by Crippen LogP contribution is 2.23. The Morgan fingerprint density at radius 2 is 2.05 bits per heavy atom. The van der Waals surface area contributed by atoms with Crippen LogP contribution in [0.1, 0.15) is 26.2 Å². The van der Waals surface area contributed by atoms with Crippen molar-refractivity contribution in [3.63, 3.8) is 0 Å². The van der Waals surface area contributed by atoms with Crippen LogP contribution in [0.5, 0.6) is 5.75 Å². The minimum absolute atomic E-state index is 0.183. The zero-order valence-corrected chi connectivity index (χ0v) is 11.2. The predicted octanol–water partition coefficient (Wildman–Crippen LogP) is 2.52. The van der Waals surface area contributed by atoms with Gasteiger partial charge in [-0.1, -0.05) is 19.1 Å². The van der Waals surface area contributed by atoms with Crippen LogP contribution in [0.25, 0.3) is 0 Å². The number of rotatable bonds is 7. The average molecular weight is 265 g/mol. The zero-order chi connectivity index (χ0) is 14.3. The first-order valence-corrected chi connectivity index (χ1v) is 6.24. The number of nitrogens with one attached hydrogen (secondary N) is 1. The number of para-hydroxylation sites is 2. The van der Waals surface area contributed by atoms with E-state index >= 15 is 0 Å². The van der Waals surface area contributed by atoms with Crippen LogP contribution in [0.15, 0.2) is 24.3 Å². The summed E-state index contributed by atoms with van der Waals surface area (Å²) in [6, 6.07) is 7.10. The Labute approximate surface area is 112 Å². The Kier molecular flexibility index (Phi) is 5.85. The molecule has 0 saturated heterocycles. The molecule has 0 aliphatic heterocycles. The first-order valence-electron chi connectivity index (χ1n) is 6.24. The number of carboxylic acids is 1. The van der Waals surface area contributed by atoms with Gasteiger partial charge in [0.2, 0.25) is 5.91 Å². The maximum Gasteiger partial charge on any atom is 0.306 e. The van der Waals surface area contributed by atoms with Gasteiger partial charge in [-0.05, 0) is 25.0 Å². The van der Waals surface area contributed by atoms with Crippen molar-refractivity contribution < 1.29 is 19.4 Å². The number of carboxylic acid groups (broad SMARTS) is 1. The molecule has 19 heavy (non-hydrogen) atoms. The monoisotopic (exact) mass is 265 g/mol. The second-order valence-electron chi connectivity index (χ2n) is 4.23. The summed E-state index contributed by atoms with van der Waals surface area (Å²) in [5.74, 6) is -0.943. The number of hydrogen-bond donors (Lipinski definition) is 2. The van der Waals surface area contributed by atoms with Crippen molar-refractivity contribution >= 4 is 17.6 Å². The van der Waals surface area contributed by atoms with Gasteiger partial charge in [0.15, 0.2) is 0 Å². The molecule has 0 aliphatic rings. The molecule has 0 aromatic heterocycles. The van der Waals surface area contributed by atoms with E-state index in [1.807, 2.05) is 6.07 Å². The molecule has 0 radical (unpaired) electrons. The number of carbonyl (C=O) groups excluding carboxylic acids is 1. The van der Waals surface area contributed by atoms with E-state index in [4.69, 9.17) is 9.84 Å². The molecule has 1 atom stereocenters. The van der Waals surface area contributed by atoms with Crippen molar-refractivity contribution in [3.8, 4) is 5.75 Å². The summed E-state index contributed by atoms with van der Waals surface area (Å²) < 4.78 is 5.12. The molecule has 0 saturated carbocycles. The molecule has 2 N–H and O–H groups in total. The fraction of sp³-hybridized carbons (Fsp3) is 0.429. The van der Waals surface area contributed by atoms with Crippen molar-refractivity contribution in [1.29, 1.82) is 0 Å². The second-order valence-corrected chi connectivity index (χ2v) is 4.23. The molecule has 0 aliphatic carbocycles. The van der Waals surface area contributed by atoms with Gasteiger partial charge in [0, 0.05) is 6.42 Å². The van der Waals surface area contributed by atoms with Crippen molar-refractivity contribution in [2.75, 3.05) is 12.4 Å². The van der Waals surface area contributed by atoms with Crippen LogP contribution >= 0.6 is 0 Å². The molecular formula is C14H19NO4. The van der Waals surface area contributed by atoms with E-state index < -0.39 is 11.9 Å². The Morgan fingerprint density at radius 1 is 1.37 bits per heavy atom. The molecular weight excluding hydrogens is 246 g/mol. The number of benzene rings is 1. The molecule has 5 heteroatoms. The molecule has 1 unspecified atom stereocenters. The van der Waals surface area contributed by atoms with Crippen molar-refractivity contribution in [2.45, 2.75) is 26.2 Å². The van der Waals surface area contributed by atoms with Crippen LogP contribution in [-0.2, 0) is 9.59 Å². The van der Waals surface area contributed by atoms with Gasteiger partial charge in [-0.2, -0.15) is 0 Å². The highest BCUT2D eigenvalue weighted by Gasteiger charge is 2.16.